The van der Waals surface area contributed by atoms with Crippen molar-refractivity contribution in [1.29, 1.82) is 0 Å². The Morgan fingerprint density at radius 3 is 2.53 bits per heavy atom. The minimum absolute atomic E-state index is 0.00577. The van der Waals surface area contributed by atoms with Gasteiger partial charge in [-0.05, 0) is 69.5 Å². The molecule has 2 aliphatic rings. The quantitative estimate of drug-likeness (QED) is 0.245. The van der Waals surface area contributed by atoms with Crippen LogP contribution >= 0.6 is 0 Å². The van der Waals surface area contributed by atoms with Gasteiger partial charge < -0.3 is 25.4 Å². The van der Waals surface area contributed by atoms with Crippen LogP contribution in [0.4, 0.5) is 0 Å². The number of piperidine rings is 1. The highest BCUT2D eigenvalue weighted by atomic mass is 16.5. The van der Waals surface area contributed by atoms with Gasteiger partial charge in [-0.25, -0.2) is 0 Å². The summed E-state index contributed by atoms with van der Waals surface area (Å²) < 4.78 is 6.31. The minimum Gasteiger partial charge on any atom is -0.507 e. The molecule has 43 heavy (non-hydrogen) atoms. The van der Waals surface area contributed by atoms with Gasteiger partial charge in [0.15, 0.2) is 0 Å². The number of phenols is 1. The van der Waals surface area contributed by atoms with Crippen molar-refractivity contribution in [2.24, 2.45) is 0 Å². The first kappa shape index (κ1) is 31.9. The SMILES string of the molecule is CN/C=C(\C(=O)NC=O)c1ccc(CCNC(=O)c2ccc(C)c(C34CCN(C)C(C)C3(OC)CCC(=O)C4)c2O)cc1. The van der Waals surface area contributed by atoms with Crippen molar-refractivity contribution >= 4 is 29.6 Å². The van der Waals surface area contributed by atoms with Crippen molar-refractivity contribution in [3.63, 3.8) is 0 Å². The summed E-state index contributed by atoms with van der Waals surface area (Å²) >= 11 is 0. The van der Waals surface area contributed by atoms with Gasteiger partial charge in [0.2, 0.25) is 6.41 Å². The molecule has 0 spiro atoms. The van der Waals surface area contributed by atoms with Crippen LogP contribution in [0.25, 0.3) is 5.57 Å². The second-order valence-corrected chi connectivity index (χ2v) is 11.6. The lowest BCUT2D eigenvalue weighted by Crippen LogP contribution is -2.70. The van der Waals surface area contributed by atoms with Gasteiger partial charge >= 0.3 is 0 Å². The van der Waals surface area contributed by atoms with Crippen molar-refractivity contribution in [3.05, 3.63) is 70.4 Å². The predicted octanol–water partition coefficient (Wildman–Crippen LogP) is 2.61. The fourth-order valence-corrected chi connectivity index (χ4v) is 7.16. The highest BCUT2D eigenvalue weighted by Crippen LogP contribution is 2.57. The molecule has 0 bridgehead atoms. The predicted molar refractivity (Wildman–Crippen MR) is 164 cm³/mol. The Bertz CT molecular complexity index is 1420. The molecule has 10 heteroatoms. The third-order valence-electron chi connectivity index (χ3n) is 9.47. The lowest BCUT2D eigenvalue weighted by atomic mass is 9.52. The largest absolute Gasteiger partial charge is 0.507 e. The summed E-state index contributed by atoms with van der Waals surface area (Å²) in [5.74, 6) is -0.867. The number of likely N-dealkylation sites (tertiary alicyclic amines) is 1. The van der Waals surface area contributed by atoms with Crippen LogP contribution in [0.5, 0.6) is 5.75 Å². The smallest absolute Gasteiger partial charge is 0.259 e. The Hall–Kier alpha value is -4.02. The maximum absolute atomic E-state index is 13.4. The number of imide groups is 1. The van der Waals surface area contributed by atoms with Crippen LogP contribution in [0.1, 0.15) is 65.2 Å². The Balaban J connectivity index is 1.55. The zero-order chi connectivity index (χ0) is 31.4. The molecule has 2 aromatic carbocycles. The Morgan fingerprint density at radius 1 is 1.16 bits per heavy atom. The summed E-state index contributed by atoms with van der Waals surface area (Å²) in [6, 6.07) is 10.7. The summed E-state index contributed by atoms with van der Waals surface area (Å²) in [4.78, 5) is 51.4. The monoisotopic (exact) mass is 590 g/mol. The highest BCUT2D eigenvalue weighted by Gasteiger charge is 2.63. The summed E-state index contributed by atoms with van der Waals surface area (Å²) in [6.07, 6.45) is 4.24. The van der Waals surface area contributed by atoms with Crippen LogP contribution in [-0.2, 0) is 31.0 Å². The lowest BCUT2D eigenvalue weighted by molar-refractivity contribution is -0.175. The number of likely N-dealkylation sites (N-methyl/N-ethyl adjacent to an activating group) is 1. The molecule has 0 aromatic heterocycles. The number of benzene rings is 2. The normalized spacial score (nSPS) is 24.2. The average molecular weight is 591 g/mol. The van der Waals surface area contributed by atoms with Crippen molar-refractivity contribution < 1.29 is 29.0 Å². The van der Waals surface area contributed by atoms with Crippen molar-refractivity contribution in [2.45, 2.75) is 63.0 Å². The molecular weight excluding hydrogens is 548 g/mol. The third-order valence-corrected chi connectivity index (χ3v) is 9.47. The molecule has 1 heterocycles. The van der Waals surface area contributed by atoms with E-state index in [9.17, 15) is 24.3 Å². The number of carbonyl (C=O) groups is 4. The van der Waals surface area contributed by atoms with Crippen LogP contribution in [0.2, 0.25) is 0 Å². The molecule has 1 aliphatic carbocycles. The van der Waals surface area contributed by atoms with Gasteiger partial charge in [-0.15, -0.1) is 0 Å². The summed E-state index contributed by atoms with van der Waals surface area (Å²) in [5, 5.41) is 19.6. The number of nitrogens with zero attached hydrogens (tertiary/aromatic N) is 1. The third kappa shape index (κ3) is 5.81. The number of aryl methyl sites for hydroxylation is 1. The fraction of sp³-hybridized carbons (Fsp3) is 0.455. The van der Waals surface area contributed by atoms with Gasteiger partial charge in [-0.1, -0.05) is 30.3 Å². The van der Waals surface area contributed by atoms with E-state index in [1.807, 2.05) is 25.1 Å². The first-order valence-corrected chi connectivity index (χ1v) is 14.6. The zero-order valence-corrected chi connectivity index (χ0v) is 25.6. The number of amides is 3. The summed E-state index contributed by atoms with van der Waals surface area (Å²) in [5.41, 5.74) is 2.08. The number of hydrogen-bond donors (Lipinski definition) is 4. The molecule has 3 amide bonds. The Kier molecular flexibility index (Phi) is 9.72. The van der Waals surface area contributed by atoms with E-state index in [0.717, 1.165) is 17.7 Å². The van der Waals surface area contributed by atoms with E-state index in [2.05, 4.69) is 34.8 Å². The van der Waals surface area contributed by atoms with E-state index in [0.29, 0.717) is 55.3 Å². The topological polar surface area (TPSA) is 137 Å². The van der Waals surface area contributed by atoms with E-state index in [-0.39, 0.29) is 29.6 Å². The Morgan fingerprint density at radius 2 is 1.88 bits per heavy atom. The molecule has 4 N–H and O–H groups in total. The van der Waals surface area contributed by atoms with Gasteiger partial charge in [0.25, 0.3) is 11.8 Å². The molecule has 4 rings (SSSR count). The maximum atomic E-state index is 13.4. The maximum Gasteiger partial charge on any atom is 0.259 e. The highest BCUT2D eigenvalue weighted by molar-refractivity contribution is 6.21. The van der Waals surface area contributed by atoms with E-state index in [1.54, 1.807) is 32.4 Å². The second kappa shape index (κ2) is 13.1. The Labute approximate surface area is 252 Å². The lowest BCUT2D eigenvalue weighted by Gasteiger charge is -2.61. The van der Waals surface area contributed by atoms with E-state index in [4.69, 9.17) is 4.74 Å². The fourth-order valence-electron chi connectivity index (χ4n) is 7.16. The minimum atomic E-state index is -0.752. The summed E-state index contributed by atoms with van der Waals surface area (Å²) in [6.45, 7) is 5.08. The van der Waals surface area contributed by atoms with Crippen LogP contribution in [0.15, 0.2) is 42.6 Å². The van der Waals surface area contributed by atoms with Crippen LogP contribution in [0, 0.1) is 6.92 Å². The van der Waals surface area contributed by atoms with Gasteiger partial charge in [0.1, 0.15) is 11.5 Å². The first-order valence-electron chi connectivity index (χ1n) is 14.6. The van der Waals surface area contributed by atoms with Gasteiger partial charge in [0.05, 0.1) is 16.7 Å². The number of fused-ring (bicyclic) bond motifs is 1. The summed E-state index contributed by atoms with van der Waals surface area (Å²) in [7, 11) is 5.41. The molecular formula is C33H42N4O6. The van der Waals surface area contributed by atoms with Crippen LogP contribution < -0.4 is 16.0 Å². The zero-order valence-electron chi connectivity index (χ0n) is 25.6. The molecule has 3 atom stereocenters. The molecule has 0 radical (unpaired) electrons. The van der Waals surface area contributed by atoms with Crippen molar-refractivity contribution in [1.82, 2.24) is 20.9 Å². The van der Waals surface area contributed by atoms with E-state index in [1.165, 1.54) is 6.20 Å². The molecule has 10 nitrogen and oxygen atoms in total. The van der Waals surface area contributed by atoms with E-state index >= 15 is 0 Å². The standard InChI is InChI=1S/C33H42N4O6/c1-21-6-11-26(29(40)28(21)32-15-17-37(4)22(2)33(32,43-5)14-12-25(39)18-32)30(41)35-16-13-23-7-9-24(10-8-23)27(19-34-3)31(42)36-20-38/h6-11,19-20,22,34,40H,12-18H2,1-5H3,(H,35,41)(H,36,38,42)/b27-19-. The molecule has 2 aromatic rings. The number of phenolic OH excluding ortho intramolecular Hbond substituents is 1. The molecule has 1 aliphatic heterocycles. The number of ether oxygens (including phenoxy) is 1. The number of methoxy groups -OCH3 is 1. The number of aromatic hydroxyl groups is 1. The van der Waals surface area contributed by atoms with Crippen molar-refractivity contribution in [2.75, 3.05) is 34.3 Å². The number of nitrogens with one attached hydrogen (secondary N) is 3. The molecule has 1 saturated carbocycles. The number of Topliss-reactive ketones (excluding diaryl/α,β-unsaturated/α-hetero) is 1. The number of carbonyl (C=O) groups excluding carboxylic acids is 4. The molecule has 230 valence electrons. The van der Waals surface area contributed by atoms with Crippen molar-refractivity contribution in [3.8, 4) is 5.75 Å². The molecule has 2 fully saturated rings. The molecule has 3 unspecified atom stereocenters. The van der Waals surface area contributed by atoms with Crippen LogP contribution in [-0.4, -0.2) is 80.0 Å². The number of rotatable bonds is 10. The first-order chi connectivity index (χ1) is 20.5. The van der Waals surface area contributed by atoms with Gasteiger partial charge in [0, 0.05) is 56.8 Å². The second-order valence-electron chi connectivity index (χ2n) is 11.6. The van der Waals surface area contributed by atoms with E-state index < -0.39 is 22.8 Å². The molecule has 1 saturated heterocycles. The average Bonchev–Trinajstić information content (AvgIpc) is 2.98. The van der Waals surface area contributed by atoms with Gasteiger partial charge in [-0.3, -0.25) is 24.5 Å². The number of hydrogen-bond acceptors (Lipinski definition) is 8. The van der Waals surface area contributed by atoms with Gasteiger partial charge in [-0.2, -0.15) is 0 Å². The number of ketones is 1. The van der Waals surface area contributed by atoms with Crippen LogP contribution in [0.3, 0.4) is 0 Å².